The number of benzene rings is 2. The maximum Gasteiger partial charge on any atom is 0.273 e. The van der Waals surface area contributed by atoms with E-state index in [0.717, 1.165) is 12.1 Å². The van der Waals surface area contributed by atoms with Gasteiger partial charge in [0, 0.05) is 36.2 Å². The van der Waals surface area contributed by atoms with Gasteiger partial charge < -0.3 is 10.6 Å². The average molecular weight is 271 g/mol. The van der Waals surface area contributed by atoms with E-state index in [1.807, 2.05) is 30.3 Å². The lowest BCUT2D eigenvalue weighted by atomic mass is 10.1. The van der Waals surface area contributed by atoms with E-state index in [1.54, 1.807) is 7.05 Å². The van der Waals surface area contributed by atoms with Gasteiger partial charge in [-0.15, -0.1) is 0 Å². The first kappa shape index (κ1) is 13.9. The summed E-state index contributed by atoms with van der Waals surface area (Å²) in [6, 6.07) is 12.8. The van der Waals surface area contributed by atoms with Crippen LogP contribution in [0.2, 0.25) is 0 Å². The van der Waals surface area contributed by atoms with Crippen LogP contribution in [0.5, 0.6) is 0 Å². The molecule has 0 aliphatic rings. The Morgan fingerprint density at radius 2 is 1.85 bits per heavy atom. The van der Waals surface area contributed by atoms with Crippen molar-refractivity contribution < 1.29 is 4.92 Å². The number of nitro benzene ring substituents is 1. The van der Waals surface area contributed by atoms with Gasteiger partial charge in [-0.25, -0.2) is 0 Å². The molecule has 5 heteroatoms. The van der Waals surface area contributed by atoms with Gasteiger partial charge in [-0.3, -0.25) is 10.1 Å². The second-order valence-corrected chi connectivity index (χ2v) is 4.41. The molecule has 0 aliphatic carbocycles. The van der Waals surface area contributed by atoms with Crippen molar-refractivity contribution in [2.75, 3.05) is 17.7 Å². The van der Waals surface area contributed by atoms with Crippen molar-refractivity contribution in [3.05, 3.63) is 58.1 Å². The van der Waals surface area contributed by atoms with Crippen LogP contribution in [0.3, 0.4) is 0 Å². The zero-order chi connectivity index (χ0) is 14.5. The Labute approximate surface area is 117 Å². The Hall–Kier alpha value is -2.56. The summed E-state index contributed by atoms with van der Waals surface area (Å²) in [5, 5.41) is 17.1. The van der Waals surface area contributed by atoms with Gasteiger partial charge in [0.05, 0.1) is 4.92 Å². The lowest BCUT2D eigenvalue weighted by Gasteiger charge is -2.12. The predicted molar refractivity (Wildman–Crippen MR) is 81.7 cm³/mol. The quantitative estimate of drug-likeness (QED) is 0.638. The number of anilines is 3. The minimum absolute atomic E-state index is 0.0633. The zero-order valence-corrected chi connectivity index (χ0v) is 11.5. The molecule has 0 atom stereocenters. The van der Waals surface area contributed by atoms with Gasteiger partial charge in [-0.05, 0) is 24.1 Å². The third-order valence-electron chi connectivity index (χ3n) is 3.09. The molecule has 0 bridgehead atoms. The van der Waals surface area contributed by atoms with E-state index in [4.69, 9.17) is 0 Å². The van der Waals surface area contributed by atoms with Crippen LogP contribution in [0.25, 0.3) is 0 Å². The second kappa shape index (κ2) is 6.06. The van der Waals surface area contributed by atoms with Crippen molar-refractivity contribution in [2.45, 2.75) is 13.3 Å². The van der Waals surface area contributed by atoms with Gasteiger partial charge in [-0.1, -0.05) is 25.1 Å². The molecule has 20 heavy (non-hydrogen) atoms. The molecule has 2 aromatic rings. The zero-order valence-electron chi connectivity index (χ0n) is 11.5. The number of nitrogens with zero attached hydrogens (tertiary/aromatic N) is 1. The fourth-order valence-corrected chi connectivity index (χ4v) is 2.04. The van der Waals surface area contributed by atoms with Gasteiger partial charge in [-0.2, -0.15) is 0 Å². The summed E-state index contributed by atoms with van der Waals surface area (Å²) in [6.45, 7) is 2.08. The largest absolute Gasteiger partial charge is 0.388 e. The van der Waals surface area contributed by atoms with Crippen molar-refractivity contribution in [3.8, 4) is 0 Å². The molecule has 2 N–H and O–H groups in total. The van der Waals surface area contributed by atoms with Crippen LogP contribution in [-0.2, 0) is 6.42 Å². The van der Waals surface area contributed by atoms with Gasteiger partial charge in [0.2, 0.25) is 0 Å². The van der Waals surface area contributed by atoms with Crippen LogP contribution in [0.4, 0.5) is 22.7 Å². The molecule has 0 saturated carbocycles. The summed E-state index contributed by atoms with van der Waals surface area (Å²) in [5.74, 6) is 0. The van der Waals surface area contributed by atoms with Crippen molar-refractivity contribution >= 4 is 22.7 Å². The van der Waals surface area contributed by atoms with Gasteiger partial charge in [0.15, 0.2) is 0 Å². The maximum absolute atomic E-state index is 10.9. The van der Waals surface area contributed by atoms with Crippen LogP contribution in [0.1, 0.15) is 12.5 Å². The van der Waals surface area contributed by atoms with Crippen molar-refractivity contribution in [3.63, 3.8) is 0 Å². The number of hydrogen-bond donors (Lipinski definition) is 2. The summed E-state index contributed by atoms with van der Waals surface area (Å²) >= 11 is 0. The summed E-state index contributed by atoms with van der Waals surface area (Å²) in [5.41, 5.74) is 3.61. The molecule has 0 amide bonds. The van der Waals surface area contributed by atoms with E-state index < -0.39 is 4.92 Å². The Morgan fingerprint density at radius 3 is 2.50 bits per heavy atom. The van der Waals surface area contributed by atoms with E-state index in [1.165, 1.54) is 17.7 Å². The third kappa shape index (κ3) is 3.06. The number of nitrogens with one attached hydrogen (secondary N) is 2. The van der Waals surface area contributed by atoms with E-state index in [9.17, 15) is 10.1 Å². The number of non-ortho nitro benzene ring substituents is 1. The van der Waals surface area contributed by atoms with Crippen LogP contribution in [-0.4, -0.2) is 12.0 Å². The Bertz CT molecular complexity index is 626. The van der Waals surface area contributed by atoms with Crippen LogP contribution >= 0.6 is 0 Å². The fraction of sp³-hybridized carbons (Fsp3) is 0.200. The highest BCUT2D eigenvalue weighted by Gasteiger charge is 2.10. The number of rotatable bonds is 5. The third-order valence-corrected chi connectivity index (χ3v) is 3.09. The molecule has 0 unspecified atom stereocenters. The molecule has 0 radical (unpaired) electrons. The molecule has 0 spiro atoms. The SMILES string of the molecule is CCc1ccccc1Nc1cc(NC)cc([N+](=O)[O-])c1. The molecule has 5 nitrogen and oxygen atoms in total. The molecule has 0 saturated heterocycles. The Balaban J connectivity index is 2.37. The molecular formula is C15H17N3O2. The maximum atomic E-state index is 10.9. The summed E-state index contributed by atoms with van der Waals surface area (Å²) in [6.07, 6.45) is 0.900. The van der Waals surface area contributed by atoms with Crippen molar-refractivity contribution in [1.82, 2.24) is 0 Å². The first-order valence-electron chi connectivity index (χ1n) is 6.46. The van der Waals surface area contributed by atoms with Gasteiger partial charge in [0.25, 0.3) is 5.69 Å². The number of para-hydroxylation sites is 1. The molecule has 2 rings (SSSR count). The standard InChI is InChI=1S/C15H17N3O2/c1-3-11-6-4-5-7-15(11)17-13-8-12(16-2)9-14(10-13)18(19)20/h4-10,16-17H,3H2,1-2H3. The summed E-state index contributed by atoms with van der Waals surface area (Å²) in [7, 11) is 1.74. The lowest BCUT2D eigenvalue weighted by Crippen LogP contribution is -1.98. The monoisotopic (exact) mass is 271 g/mol. The molecular weight excluding hydrogens is 254 g/mol. The van der Waals surface area contributed by atoms with E-state index in [0.29, 0.717) is 11.4 Å². The first-order valence-corrected chi connectivity index (χ1v) is 6.46. The van der Waals surface area contributed by atoms with Crippen molar-refractivity contribution in [1.29, 1.82) is 0 Å². The topological polar surface area (TPSA) is 67.2 Å². The minimum atomic E-state index is -0.391. The molecule has 0 fully saturated rings. The molecule has 104 valence electrons. The van der Waals surface area contributed by atoms with E-state index >= 15 is 0 Å². The fourth-order valence-electron chi connectivity index (χ4n) is 2.04. The van der Waals surface area contributed by atoms with Crippen LogP contribution < -0.4 is 10.6 Å². The minimum Gasteiger partial charge on any atom is -0.388 e. The van der Waals surface area contributed by atoms with Gasteiger partial charge >= 0.3 is 0 Å². The van der Waals surface area contributed by atoms with Gasteiger partial charge in [0.1, 0.15) is 0 Å². The number of nitro groups is 1. The smallest absolute Gasteiger partial charge is 0.273 e. The molecule has 0 heterocycles. The highest BCUT2D eigenvalue weighted by atomic mass is 16.6. The normalized spacial score (nSPS) is 10.1. The first-order chi connectivity index (χ1) is 9.63. The lowest BCUT2D eigenvalue weighted by molar-refractivity contribution is -0.384. The number of hydrogen-bond acceptors (Lipinski definition) is 4. The Morgan fingerprint density at radius 1 is 1.15 bits per heavy atom. The van der Waals surface area contributed by atoms with Crippen molar-refractivity contribution in [2.24, 2.45) is 0 Å². The molecule has 2 aromatic carbocycles. The molecule has 0 aliphatic heterocycles. The summed E-state index contributed by atoms with van der Waals surface area (Å²) < 4.78 is 0. The average Bonchev–Trinajstić information content (AvgIpc) is 2.47. The second-order valence-electron chi connectivity index (χ2n) is 4.41. The highest BCUT2D eigenvalue weighted by Crippen LogP contribution is 2.28. The summed E-state index contributed by atoms with van der Waals surface area (Å²) in [4.78, 5) is 10.6. The number of aryl methyl sites for hydroxylation is 1. The van der Waals surface area contributed by atoms with E-state index in [-0.39, 0.29) is 5.69 Å². The van der Waals surface area contributed by atoms with Crippen LogP contribution in [0, 0.1) is 10.1 Å². The molecule has 0 aromatic heterocycles. The van der Waals surface area contributed by atoms with E-state index in [2.05, 4.69) is 17.6 Å². The highest BCUT2D eigenvalue weighted by molar-refractivity contribution is 5.70. The predicted octanol–water partition coefficient (Wildman–Crippen LogP) is 3.94. The Kier molecular flexibility index (Phi) is 4.20. The van der Waals surface area contributed by atoms with Crippen LogP contribution in [0.15, 0.2) is 42.5 Å².